The molecule has 4 rings (SSSR count). The van der Waals surface area contributed by atoms with E-state index in [0.29, 0.717) is 22.3 Å². The Kier molecular flexibility index (Phi) is 6.15. The molecule has 0 aliphatic carbocycles. The van der Waals surface area contributed by atoms with Gasteiger partial charge in [0.05, 0.1) is 16.6 Å². The van der Waals surface area contributed by atoms with Crippen LogP contribution in [0, 0.1) is 13.8 Å². The predicted octanol–water partition coefficient (Wildman–Crippen LogP) is 6.37. The molecule has 1 aromatic heterocycles. The van der Waals surface area contributed by atoms with Crippen LogP contribution >= 0.6 is 0 Å². The van der Waals surface area contributed by atoms with Gasteiger partial charge < -0.3 is 10.2 Å². The summed E-state index contributed by atoms with van der Waals surface area (Å²) in [6.45, 7) is 5.10. The van der Waals surface area contributed by atoms with E-state index >= 15 is 0 Å². The van der Waals surface area contributed by atoms with Gasteiger partial charge in [-0.05, 0) is 80.4 Å². The zero-order valence-corrected chi connectivity index (χ0v) is 19.3. The molecule has 0 unspecified atom stereocenters. The molecule has 0 saturated carbocycles. The van der Waals surface area contributed by atoms with E-state index in [0.717, 1.165) is 23.3 Å². The normalized spacial score (nSPS) is 12.3. The number of aliphatic imine (C=N–C) groups is 1. The number of hydrogen-bond donors (Lipinski definition) is 2. The SMILES string of the molecule is CC(=NCC(=O)c1ccc(O)cc1)c1c(O)n(-c2cc(C)cc(C)c2)c2cc(C(F)(F)F)ccc12. The Bertz CT molecular complexity index is 1450. The fraction of sp³-hybridized carbons (Fsp3) is 0.185. The van der Waals surface area contributed by atoms with Crippen LogP contribution in [0.5, 0.6) is 11.6 Å². The first-order valence-corrected chi connectivity index (χ1v) is 10.8. The van der Waals surface area contributed by atoms with Crippen molar-refractivity contribution in [1.82, 2.24) is 4.57 Å². The van der Waals surface area contributed by atoms with Crippen molar-refractivity contribution in [2.75, 3.05) is 6.54 Å². The Balaban J connectivity index is 1.86. The molecule has 0 aliphatic rings. The maximum atomic E-state index is 13.5. The number of halogens is 3. The highest BCUT2D eigenvalue weighted by atomic mass is 19.4. The van der Waals surface area contributed by atoms with Gasteiger partial charge in [0.2, 0.25) is 5.88 Å². The van der Waals surface area contributed by atoms with E-state index in [9.17, 15) is 28.2 Å². The second-order valence-corrected chi connectivity index (χ2v) is 8.48. The van der Waals surface area contributed by atoms with Gasteiger partial charge in [-0.25, -0.2) is 0 Å². The lowest BCUT2D eigenvalue weighted by Gasteiger charge is -2.11. The van der Waals surface area contributed by atoms with Gasteiger partial charge in [0.25, 0.3) is 0 Å². The summed E-state index contributed by atoms with van der Waals surface area (Å²) in [6, 6.07) is 14.5. The summed E-state index contributed by atoms with van der Waals surface area (Å²) in [5.74, 6) is -0.535. The number of phenolic OH excluding ortho intramolecular Hbond substituents is 1. The summed E-state index contributed by atoms with van der Waals surface area (Å²) < 4.78 is 41.8. The first kappa shape index (κ1) is 24.1. The number of nitrogens with zero attached hydrogens (tertiary/aromatic N) is 2. The minimum absolute atomic E-state index is 0.0311. The highest BCUT2D eigenvalue weighted by molar-refractivity contribution is 6.13. The molecule has 1 heterocycles. The second kappa shape index (κ2) is 8.94. The summed E-state index contributed by atoms with van der Waals surface area (Å²) in [5.41, 5.74) is 2.56. The lowest BCUT2D eigenvalue weighted by molar-refractivity contribution is -0.137. The summed E-state index contributed by atoms with van der Waals surface area (Å²) >= 11 is 0. The van der Waals surface area contributed by atoms with E-state index in [1.165, 1.54) is 34.9 Å². The van der Waals surface area contributed by atoms with Gasteiger partial charge in [0, 0.05) is 22.3 Å². The number of alkyl halides is 3. The third-order valence-electron chi connectivity index (χ3n) is 5.75. The molecule has 0 saturated heterocycles. The number of Topliss-reactive ketones (excluding diaryl/α,β-unsaturated/α-hetero) is 1. The van der Waals surface area contributed by atoms with Crippen molar-refractivity contribution in [3.63, 3.8) is 0 Å². The molecule has 0 fully saturated rings. The van der Waals surface area contributed by atoms with Crippen molar-refractivity contribution < 1.29 is 28.2 Å². The number of benzene rings is 3. The van der Waals surface area contributed by atoms with Gasteiger partial charge in [-0.15, -0.1) is 0 Å². The molecule has 0 aliphatic heterocycles. The summed E-state index contributed by atoms with van der Waals surface area (Å²) in [5, 5.41) is 21.0. The molecule has 0 atom stereocenters. The molecule has 0 radical (unpaired) electrons. The predicted molar refractivity (Wildman–Crippen MR) is 129 cm³/mol. The van der Waals surface area contributed by atoms with Crippen molar-refractivity contribution in [2.24, 2.45) is 4.99 Å². The number of carbonyl (C=O) groups is 1. The van der Waals surface area contributed by atoms with E-state index < -0.39 is 11.7 Å². The molecule has 5 nitrogen and oxygen atoms in total. The third-order valence-corrected chi connectivity index (χ3v) is 5.75. The highest BCUT2D eigenvalue weighted by Crippen LogP contribution is 2.39. The Morgan fingerprint density at radius 1 is 0.943 bits per heavy atom. The molecular formula is C27H23F3N2O3. The summed E-state index contributed by atoms with van der Waals surface area (Å²) in [7, 11) is 0. The van der Waals surface area contributed by atoms with E-state index in [1.54, 1.807) is 19.1 Å². The third kappa shape index (κ3) is 4.77. The van der Waals surface area contributed by atoms with Gasteiger partial charge >= 0.3 is 6.18 Å². The average molecular weight is 480 g/mol. The number of aryl methyl sites for hydroxylation is 2. The molecular weight excluding hydrogens is 457 g/mol. The van der Waals surface area contributed by atoms with Crippen LogP contribution < -0.4 is 0 Å². The number of rotatable bonds is 5. The molecule has 4 aromatic rings. The van der Waals surface area contributed by atoms with Crippen molar-refractivity contribution in [1.29, 1.82) is 0 Å². The molecule has 8 heteroatoms. The number of fused-ring (bicyclic) bond motifs is 1. The van der Waals surface area contributed by atoms with Crippen LogP contribution in [0.25, 0.3) is 16.6 Å². The van der Waals surface area contributed by atoms with Crippen LogP contribution in [0.15, 0.2) is 65.7 Å². The van der Waals surface area contributed by atoms with E-state index in [4.69, 9.17) is 0 Å². The Labute approximate surface area is 199 Å². The zero-order chi connectivity index (χ0) is 25.5. The summed E-state index contributed by atoms with van der Waals surface area (Å²) in [4.78, 5) is 16.8. The van der Waals surface area contributed by atoms with Gasteiger partial charge in [0.15, 0.2) is 5.78 Å². The van der Waals surface area contributed by atoms with Crippen LogP contribution in [0.1, 0.15) is 39.5 Å². The van der Waals surface area contributed by atoms with Crippen molar-refractivity contribution in [3.05, 3.63) is 88.5 Å². The molecule has 0 amide bonds. The Hall–Kier alpha value is -4.07. The first-order valence-electron chi connectivity index (χ1n) is 10.8. The molecule has 35 heavy (non-hydrogen) atoms. The smallest absolute Gasteiger partial charge is 0.416 e. The number of aromatic nitrogens is 1. The second-order valence-electron chi connectivity index (χ2n) is 8.48. The number of aromatic hydroxyl groups is 2. The number of ketones is 1. The topological polar surface area (TPSA) is 74.8 Å². The fourth-order valence-corrected chi connectivity index (χ4v) is 4.16. The largest absolute Gasteiger partial charge is 0.508 e. The number of phenols is 1. The molecule has 0 spiro atoms. The van der Waals surface area contributed by atoms with Crippen LogP contribution in [0.3, 0.4) is 0 Å². The van der Waals surface area contributed by atoms with Crippen LogP contribution in [0.2, 0.25) is 0 Å². The van der Waals surface area contributed by atoms with Gasteiger partial charge in [-0.2, -0.15) is 13.2 Å². The summed E-state index contributed by atoms with van der Waals surface area (Å²) in [6.07, 6.45) is -4.55. The zero-order valence-electron chi connectivity index (χ0n) is 19.3. The average Bonchev–Trinajstić information content (AvgIpc) is 3.07. The van der Waals surface area contributed by atoms with E-state index in [2.05, 4.69) is 4.99 Å². The lowest BCUT2D eigenvalue weighted by atomic mass is 10.1. The van der Waals surface area contributed by atoms with Gasteiger partial charge in [0.1, 0.15) is 12.3 Å². The van der Waals surface area contributed by atoms with Crippen LogP contribution in [-0.4, -0.2) is 32.8 Å². The van der Waals surface area contributed by atoms with Gasteiger partial charge in [-0.1, -0.05) is 12.1 Å². The number of carbonyl (C=O) groups excluding carboxylic acids is 1. The maximum Gasteiger partial charge on any atom is 0.416 e. The molecule has 180 valence electrons. The first-order chi connectivity index (χ1) is 16.5. The molecule has 3 aromatic carbocycles. The van der Waals surface area contributed by atoms with Crippen LogP contribution in [-0.2, 0) is 6.18 Å². The molecule has 2 N–H and O–H groups in total. The van der Waals surface area contributed by atoms with Crippen molar-refractivity contribution in [2.45, 2.75) is 26.9 Å². The number of hydrogen-bond acceptors (Lipinski definition) is 4. The standard InChI is InChI=1S/C27H23F3N2O3/c1-15-10-16(2)12-20(11-15)32-23-13-19(27(28,29)30)6-9-22(23)25(26(32)35)17(3)31-14-24(34)18-4-7-21(33)8-5-18/h4-13,33,35H,14H2,1-3H3. The maximum absolute atomic E-state index is 13.5. The lowest BCUT2D eigenvalue weighted by Crippen LogP contribution is -2.06. The highest BCUT2D eigenvalue weighted by Gasteiger charge is 2.32. The van der Waals surface area contributed by atoms with E-state index in [-0.39, 0.29) is 35.0 Å². The minimum Gasteiger partial charge on any atom is -0.508 e. The van der Waals surface area contributed by atoms with Gasteiger partial charge in [-0.3, -0.25) is 14.4 Å². The Morgan fingerprint density at radius 2 is 1.57 bits per heavy atom. The monoisotopic (exact) mass is 480 g/mol. The minimum atomic E-state index is -4.55. The van der Waals surface area contributed by atoms with Crippen LogP contribution in [0.4, 0.5) is 13.2 Å². The van der Waals surface area contributed by atoms with Crippen molar-refractivity contribution >= 4 is 22.4 Å². The fourth-order valence-electron chi connectivity index (χ4n) is 4.16. The van der Waals surface area contributed by atoms with Crippen molar-refractivity contribution in [3.8, 4) is 17.3 Å². The molecule has 0 bridgehead atoms. The van der Waals surface area contributed by atoms with E-state index in [1.807, 2.05) is 19.9 Å². The Morgan fingerprint density at radius 3 is 2.17 bits per heavy atom. The quantitative estimate of drug-likeness (QED) is 0.258.